The number of Topliss-reactive ketones (excluding diaryl/α,β-unsaturated/α-hetero) is 1. The van der Waals surface area contributed by atoms with Crippen molar-refractivity contribution in [2.75, 3.05) is 19.6 Å². The van der Waals surface area contributed by atoms with E-state index in [1.807, 2.05) is 0 Å². The summed E-state index contributed by atoms with van der Waals surface area (Å²) < 4.78 is 12.8. The molecule has 18 heavy (non-hydrogen) atoms. The zero-order valence-electron chi connectivity index (χ0n) is 10.9. The monoisotopic (exact) mass is 249 g/mol. The summed E-state index contributed by atoms with van der Waals surface area (Å²) in [5, 5.41) is 0. The minimum absolute atomic E-state index is 0.105. The van der Waals surface area contributed by atoms with E-state index in [9.17, 15) is 9.18 Å². The fraction of sp³-hybridized carbons (Fsp3) is 0.533. The molecule has 0 aliphatic carbocycles. The Labute approximate surface area is 108 Å². The Balaban J connectivity index is 1.82. The third-order valence-corrected chi connectivity index (χ3v) is 3.56. The second-order valence-electron chi connectivity index (χ2n) is 5.23. The van der Waals surface area contributed by atoms with E-state index in [-0.39, 0.29) is 11.6 Å². The molecule has 1 aromatic carbocycles. The van der Waals surface area contributed by atoms with E-state index in [2.05, 4.69) is 11.8 Å². The number of carbonyl (C=O) groups is 1. The van der Waals surface area contributed by atoms with E-state index in [0.29, 0.717) is 12.0 Å². The largest absolute Gasteiger partial charge is 0.303 e. The van der Waals surface area contributed by atoms with Gasteiger partial charge in [-0.15, -0.1) is 0 Å². The first-order valence-corrected chi connectivity index (χ1v) is 6.66. The van der Waals surface area contributed by atoms with Crippen LogP contribution in [-0.4, -0.2) is 30.3 Å². The molecule has 1 atom stereocenters. The van der Waals surface area contributed by atoms with E-state index >= 15 is 0 Å². The third-order valence-electron chi connectivity index (χ3n) is 3.56. The summed E-state index contributed by atoms with van der Waals surface area (Å²) in [5.41, 5.74) is 0.612. The van der Waals surface area contributed by atoms with Gasteiger partial charge in [0.2, 0.25) is 0 Å². The van der Waals surface area contributed by atoms with Crippen molar-refractivity contribution in [1.82, 2.24) is 4.90 Å². The summed E-state index contributed by atoms with van der Waals surface area (Å²) in [6.45, 7) is 5.27. The molecular weight excluding hydrogens is 229 g/mol. The Morgan fingerprint density at radius 1 is 1.39 bits per heavy atom. The van der Waals surface area contributed by atoms with Crippen LogP contribution in [0.25, 0.3) is 0 Å². The standard InChI is InChI=1S/C15H20FNO/c1-12-3-2-9-17(11-12)10-8-15(18)13-4-6-14(16)7-5-13/h4-7,12H,2-3,8-11H2,1H3. The highest BCUT2D eigenvalue weighted by atomic mass is 19.1. The lowest BCUT2D eigenvalue weighted by atomic mass is 9.99. The highest BCUT2D eigenvalue weighted by Gasteiger charge is 2.17. The maximum atomic E-state index is 12.8. The van der Waals surface area contributed by atoms with E-state index in [1.54, 1.807) is 12.1 Å². The molecule has 0 aromatic heterocycles. The summed E-state index contributed by atoms with van der Waals surface area (Å²) in [4.78, 5) is 14.3. The van der Waals surface area contributed by atoms with Gasteiger partial charge in [-0.1, -0.05) is 6.92 Å². The minimum Gasteiger partial charge on any atom is -0.303 e. The van der Waals surface area contributed by atoms with Crippen LogP contribution in [0.4, 0.5) is 4.39 Å². The Morgan fingerprint density at radius 3 is 2.78 bits per heavy atom. The number of likely N-dealkylation sites (tertiary alicyclic amines) is 1. The second kappa shape index (κ2) is 6.10. The predicted octanol–water partition coefficient (Wildman–Crippen LogP) is 3.13. The molecule has 1 aromatic rings. The first-order valence-electron chi connectivity index (χ1n) is 6.66. The van der Waals surface area contributed by atoms with Crippen LogP contribution in [0, 0.1) is 11.7 Å². The number of nitrogens with zero attached hydrogens (tertiary/aromatic N) is 1. The highest BCUT2D eigenvalue weighted by molar-refractivity contribution is 5.96. The number of rotatable bonds is 4. The predicted molar refractivity (Wildman–Crippen MR) is 70.2 cm³/mol. The van der Waals surface area contributed by atoms with Gasteiger partial charge in [-0.25, -0.2) is 4.39 Å². The molecule has 98 valence electrons. The second-order valence-corrected chi connectivity index (χ2v) is 5.23. The molecular formula is C15H20FNO. The number of piperidine rings is 1. The van der Waals surface area contributed by atoms with E-state index in [0.717, 1.165) is 25.6 Å². The van der Waals surface area contributed by atoms with Crippen molar-refractivity contribution < 1.29 is 9.18 Å². The van der Waals surface area contributed by atoms with Crippen LogP contribution in [0.15, 0.2) is 24.3 Å². The Bertz CT molecular complexity index is 401. The molecule has 2 nitrogen and oxygen atoms in total. The zero-order chi connectivity index (χ0) is 13.0. The van der Waals surface area contributed by atoms with Crippen molar-refractivity contribution in [2.24, 2.45) is 5.92 Å². The summed E-state index contributed by atoms with van der Waals surface area (Å²) in [6.07, 6.45) is 3.05. The van der Waals surface area contributed by atoms with Gasteiger partial charge < -0.3 is 4.90 Å². The van der Waals surface area contributed by atoms with Gasteiger partial charge in [0, 0.05) is 25.1 Å². The van der Waals surface area contributed by atoms with E-state index < -0.39 is 0 Å². The number of halogens is 1. The van der Waals surface area contributed by atoms with Crippen molar-refractivity contribution in [3.63, 3.8) is 0 Å². The number of ketones is 1. The van der Waals surface area contributed by atoms with E-state index in [1.165, 1.54) is 25.0 Å². The molecule has 0 N–H and O–H groups in total. The number of carbonyl (C=O) groups excluding carboxylic acids is 1. The van der Waals surface area contributed by atoms with Gasteiger partial charge in [0.25, 0.3) is 0 Å². The van der Waals surface area contributed by atoms with Gasteiger partial charge in [0.15, 0.2) is 5.78 Å². The van der Waals surface area contributed by atoms with Crippen LogP contribution < -0.4 is 0 Å². The fourth-order valence-corrected chi connectivity index (χ4v) is 2.53. The molecule has 0 radical (unpaired) electrons. The average Bonchev–Trinajstić information content (AvgIpc) is 2.37. The van der Waals surface area contributed by atoms with Gasteiger partial charge in [0.1, 0.15) is 5.82 Å². The van der Waals surface area contributed by atoms with Gasteiger partial charge in [-0.3, -0.25) is 4.79 Å². The molecule has 1 aliphatic rings. The minimum atomic E-state index is -0.295. The molecule has 0 spiro atoms. The van der Waals surface area contributed by atoms with Crippen LogP contribution in [0.5, 0.6) is 0 Å². The molecule has 0 amide bonds. The molecule has 1 fully saturated rings. The van der Waals surface area contributed by atoms with E-state index in [4.69, 9.17) is 0 Å². The smallest absolute Gasteiger partial charge is 0.164 e. The quantitative estimate of drug-likeness (QED) is 0.764. The Morgan fingerprint density at radius 2 is 2.11 bits per heavy atom. The lowest BCUT2D eigenvalue weighted by Gasteiger charge is -2.30. The van der Waals surface area contributed by atoms with Crippen LogP contribution in [-0.2, 0) is 0 Å². The molecule has 0 bridgehead atoms. The maximum Gasteiger partial charge on any atom is 0.164 e. The summed E-state index contributed by atoms with van der Waals surface area (Å²) >= 11 is 0. The van der Waals surface area contributed by atoms with Crippen LogP contribution >= 0.6 is 0 Å². The SMILES string of the molecule is CC1CCCN(CCC(=O)c2ccc(F)cc2)C1. The molecule has 1 unspecified atom stereocenters. The summed E-state index contributed by atoms with van der Waals surface area (Å²) in [7, 11) is 0. The van der Waals surface area contributed by atoms with Crippen LogP contribution in [0.1, 0.15) is 36.5 Å². The lowest BCUT2D eigenvalue weighted by molar-refractivity contribution is 0.0949. The van der Waals surface area contributed by atoms with Gasteiger partial charge in [-0.2, -0.15) is 0 Å². The van der Waals surface area contributed by atoms with Crippen molar-refractivity contribution in [1.29, 1.82) is 0 Å². The topological polar surface area (TPSA) is 20.3 Å². The number of hydrogen-bond donors (Lipinski definition) is 0. The van der Waals surface area contributed by atoms with Crippen LogP contribution in [0.2, 0.25) is 0 Å². The number of benzene rings is 1. The Hall–Kier alpha value is -1.22. The average molecular weight is 249 g/mol. The number of hydrogen-bond acceptors (Lipinski definition) is 2. The summed E-state index contributed by atoms with van der Waals surface area (Å²) in [5.74, 6) is 0.546. The van der Waals surface area contributed by atoms with Crippen LogP contribution in [0.3, 0.4) is 0 Å². The van der Waals surface area contributed by atoms with Crippen molar-refractivity contribution >= 4 is 5.78 Å². The fourth-order valence-electron chi connectivity index (χ4n) is 2.53. The van der Waals surface area contributed by atoms with Crippen molar-refractivity contribution in [3.8, 4) is 0 Å². The summed E-state index contributed by atoms with van der Waals surface area (Å²) in [6, 6.07) is 5.82. The molecule has 1 saturated heterocycles. The molecule has 1 heterocycles. The maximum absolute atomic E-state index is 12.8. The highest BCUT2D eigenvalue weighted by Crippen LogP contribution is 2.16. The van der Waals surface area contributed by atoms with Crippen molar-refractivity contribution in [3.05, 3.63) is 35.6 Å². The molecule has 1 aliphatic heterocycles. The lowest BCUT2D eigenvalue weighted by Crippen LogP contribution is -2.35. The molecule has 2 rings (SSSR count). The van der Waals surface area contributed by atoms with Gasteiger partial charge >= 0.3 is 0 Å². The molecule has 3 heteroatoms. The first-order chi connectivity index (χ1) is 8.65. The third kappa shape index (κ3) is 3.64. The molecule has 0 saturated carbocycles. The van der Waals surface area contributed by atoms with Gasteiger partial charge in [-0.05, 0) is 49.6 Å². The Kier molecular flexibility index (Phi) is 4.48. The van der Waals surface area contributed by atoms with Gasteiger partial charge in [0.05, 0.1) is 0 Å². The van der Waals surface area contributed by atoms with Crippen molar-refractivity contribution in [2.45, 2.75) is 26.2 Å². The zero-order valence-corrected chi connectivity index (χ0v) is 10.9. The normalized spacial score (nSPS) is 20.9. The first kappa shape index (κ1) is 13.2.